The van der Waals surface area contributed by atoms with E-state index < -0.39 is 32.5 Å². The minimum Gasteiger partial charge on any atom is -0.379 e. The van der Waals surface area contributed by atoms with Crippen molar-refractivity contribution in [3.63, 3.8) is 0 Å². The van der Waals surface area contributed by atoms with Crippen molar-refractivity contribution < 1.29 is 26.0 Å². The molecule has 1 heterocycles. The van der Waals surface area contributed by atoms with Crippen molar-refractivity contribution >= 4 is 43.8 Å². The van der Waals surface area contributed by atoms with Gasteiger partial charge in [-0.25, -0.2) is 17.8 Å². The van der Waals surface area contributed by atoms with Gasteiger partial charge in [-0.2, -0.15) is 13.2 Å². The Labute approximate surface area is 221 Å². The van der Waals surface area contributed by atoms with Gasteiger partial charge < -0.3 is 10.2 Å². The molecule has 0 bridgehead atoms. The summed E-state index contributed by atoms with van der Waals surface area (Å²) < 4.78 is 82.0. The van der Waals surface area contributed by atoms with Crippen molar-refractivity contribution in [1.29, 1.82) is 0 Å². The van der Waals surface area contributed by atoms with E-state index in [0.717, 1.165) is 29.5 Å². The van der Waals surface area contributed by atoms with Gasteiger partial charge in [0.1, 0.15) is 10.7 Å². The van der Waals surface area contributed by atoms with Crippen LogP contribution in [0, 0.1) is 5.82 Å². The molecule has 0 aliphatic heterocycles. The van der Waals surface area contributed by atoms with Crippen LogP contribution in [0.25, 0.3) is 0 Å². The molecule has 2 aromatic carbocycles. The lowest BCUT2D eigenvalue weighted by molar-refractivity contribution is -0.137. The van der Waals surface area contributed by atoms with E-state index in [9.17, 15) is 26.0 Å². The lowest BCUT2D eigenvalue weighted by atomic mass is 9.78. The summed E-state index contributed by atoms with van der Waals surface area (Å²) in [5, 5.41) is 4.94. The Morgan fingerprint density at radius 3 is 2.57 bits per heavy atom. The Hall–Kier alpha value is -2.41. The molecule has 3 aromatic rings. The average Bonchev–Trinajstić information content (AvgIpc) is 3.33. The van der Waals surface area contributed by atoms with Gasteiger partial charge in [-0.3, -0.25) is 4.72 Å². The first-order chi connectivity index (χ1) is 17.3. The Balaban J connectivity index is 1.52. The molecule has 6 nitrogen and oxygen atoms in total. The normalized spacial score (nSPS) is 20.7. The summed E-state index contributed by atoms with van der Waals surface area (Å²) in [6, 6.07) is 7.22. The predicted molar refractivity (Wildman–Crippen MR) is 137 cm³/mol. The van der Waals surface area contributed by atoms with E-state index >= 15 is 0 Å². The maximum atomic E-state index is 14.9. The van der Waals surface area contributed by atoms with E-state index in [1.165, 1.54) is 18.3 Å². The number of nitrogens with zero attached hydrogens (tertiary/aromatic N) is 2. The highest BCUT2D eigenvalue weighted by Gasteiger charge is 2.35. The van der Waals surface area contributed by atoms with Gasteiger partial charge in [-0.05, 0) is 63.0 Å². The molecule has 3 atom stereocenters. The number of likely N-dealkylation sites (N-methyl/N-ethyl adjacent to an activating group) is 1. The lowest BCUT2D eigenvalue weighted by Crippen LogP contribution is -2.47. The van der Waals surface area contributed by atoms with E-state index in [4.69, 9.17) is 11.6 Å². The largest absolute Gasteiger partial charge is 0.416 e. The zero-order valence-electron chi connectivity index (χ0n) is 19.9. The van der Waals surface area contributed by atoms with E-state index in [2.05, 4.69) is 15.0 Å². The van der Waals surface area contributed by atoms with Crippen molar-refractivity contribution in [3.05, 3.63) is 69.9 Å². The molecule has 2 N–H and O–H groups in total. The maximum absolute atomic E-state index is 14.9. The highest BCUT2D eigenvalue weighted by atomic mass is 35.5. The first kappa shape index (κ1) is 27.6. The molecule has 0 saturated heterocycles. The molecule has 1 aromatic heterocycles. The second-order valence-electron chi connectivity index (χ2n) is 9.12. The number of sulfonamides is 1. The van der Waals surface area contributed by atoms with E-state index in [1.807, 2.05) is 19.0 Å². The van der Waals surface area contributed by atoms with E-state index in [-0.39, 0.29) is 33.8 Å². The number of halogens is 5. The van der Waals surface area contributed by atoms with E-state index in [1.54, 1.807) is 11.4 Å². The molecule has 4 rings (SSSR count). The molecule has 200 valence electrons. The average molecular weight is 577 g/mol. The molecule has 37 heavy (non-hydrogen) atoms. The van der Waals surface area contributed by atoms with Gasteiger partial charge in [-0.15, -0.1) is 11.3 Å². The summed E-state index contributed by atoms with van der Waals surface area (Å²) in [4.78, 5) is 5.21. The fourth-order valence-electron chi connectivity index (χ4n) is 4.65. The summed E-state index contributed by atoms with van der Waals surface area (Å²) in [5.74, 6) is -1.06. The standard InChI is InChI=1S/C24H25ClF4N4O2S2/c1-33(2)21-11-15(14-4-3-5-16(10-14)24(27,28)29)6-7-19(21)31-20-13-18(26)22(12-17(20)25)37(34,35)32-23-30-8-9-36-23/h3-5,8-10,12-13,15,19,21,31H,6-7,11H2,1-2H3,(H,30,32)/t15-,19+,21+/m1/s1. The second kappa shape index (κ2) is 10.8. The number of rotatable bonds is 7. The van der Waals surface area contributed by atoms with Gasteiger partial charge in [0.2, 0.25) is 0 Å². The van der Waals surface area contributed by atoms with Crippen LogP contribution in [0.3, 0.4) is 0 Å². The highest BCUT2D eigenvalue weighted by molar-refractivity contribution is 7.93. The van der Waals surface area contributed by atoms with Gasteiger partial charge in [0.05, 0.1) is 16.3 Å². The maximum Gasteiger partial charge on any atom is 0.416 e. The summed E-state index contributed by atoms with van der Waals surface area (Å²) in [5.41, 5.74) is 0.196. The third-order valence-electron chi connectivity index (χ3n) is 6.47. The quantitative estimate of drug-likeness (QED) is 0.317. The highest BCUT2D eigenvalue weighted by Crippen LogP contribution is 2.39. The van der Waals surface area contributed by atoms with Crippen LogP contribution in [0.2, 0.25) is 5.02 Å². The van der Waals surface area contributed by atoms with Crippen molar-refractivity contribution in [1.82, 2.24) is 9.88 Å². The first-order valence-electron chi connectivity index (χ1n) is 11.4. The van der Waals surface area contributed by atoms with Crippen LogP contribution in [0.1, 0.15) is 36.3 Å². The Kier molecular flexibility index (Phi) is 8.03. The number of anilines is 2. The summed E-state index contributed by atoms with van der Waals surface area (Å²) in [6.07, 6.45) is -1.20. The molecule has 0 radical (unpaired) electrons. The molecule has 1 aliphatic carbocycles. The van der Waals surface area contributed by atoms with Crippen molar-refractivity contribution in [3.8, 4) is 0 Å². The minimum atomic E-state index is -4.41. The zero-order chi connectivity index (χ0) is 27.0. The number of hydrogen-bond acceptors (Lipinski definition) is 6. The monoisotopic (exact) mass is 576 g/mol. The van der Waals surface area contributed by atoms with Crippen LogP contribution in [-0.2, 0) is 16.2 Å². The van der Waals surface area contributed by atoms with Gasteiger partial charge in [-0.1, -0.05) is 29.8 Å². The fourth-order valence-corrected chi connectivity index (χ4v) is 6.80. The number of alkyl halides is 3. The third-order valence-corrected chi connectivity index (χ3v) is 8.96. The Bertz CT molecular complexity index is 1350. The molecular formula is C24H25ClF4N4O2S2. The van der Waals surface area contributed by atoms with Crippen LogP contribution in [0.4, 0.5) is 28.4 Å². The topological polar surface area (TPSA) is 74.3 Å². The second-order valence-corrected chi connectivity index (χ2v) is 12.1. The lowest BCUT2D eigenvalue weighted by Gasteiger charge is -2.41. The van der Waals surface area contributed by atoms with Crippen molar-refractivity contribution in [2.24, 2.45) is 0 Å². The fraction of sp³-hybridized carbons (Fsp3) is 0.375. The molecule has 13 heteroatoms. The number of thiazole rings is 1. The Morgan fingerprint density at radius 2 is 1.92 bits per heavy atom. The van der Waals surface area contributed by atoms with E-state index in [0.29, 0.717) is 24.8 Å². The molecule has 0 spiro atoms. The summed E-state index contributed by atoms with van der Waals surface area (Å²) in [7, 11) is -0.498. The van der Waals surface area contributed by atoms with Crippen molar-refractivity contribution in [2.75, 3.05) is 24.1 Å². The molecule has 1 aliphatic rings. The van der Waals surface area contributed by atoms with Crippen LogP contribution in [0.15, 0.2) is 52.9 Å². The van der Waals surface area contributed by atoms with Crippen LogP contribution in [-0.4, -0.2) is 44.5 Å². The van der Waals surface area contributed by atoms with Gasteiger partial charge in [0.15, 0.2) is 5.13 Å². The number of aromatic nitrogens is 1. The van der Waals surface area contributed by atoms with Crippen LogP contribution in [0.5, 0.6) is 0 Å². The zero-order valence-corrected chi connectivity index (χ0v) is 22.3. The molecule has 0 amide bonds. The van der Waals surface area contributed by atoms with Crippen LogP contribution >= 0.6 is 22.9 Å². The van der Waals surface area contributed by atoms with Gasteiger partial charge in [0.25, 0.3) is 10.0 Å². The number of benzene rings is 2. The summed E-state index contributed by atoms with van der Waals surface area (Å²) >= 11 is 7.42. The summed E-state index contributed by atoms with van der Waals surface area (Å²) in [6.45, 7) is 0. The molecule has 1 saturated carbocycles. The Morgan fingerprint density at radius 1 is 1.16 bits per heavy atom. The van der Waals surface area contributed by atoms with Crippen molar-refractivity contribution in [2.45, 2.75) is 48.3 Å². The molecule has 1 fully saturated rings. The first-order valence-corrected chi connectivity index (χ1v) is 14.1. The number of hydrogen-bond donors (Lipinski definition) is 2. The SMILES string of the molecule is CN(C)[C@H]1C[C@H](c2cccc(C(F)(F)F)c2)CC[C@@H]1Nc1cc(F)c(S(=O)(=O)Nc2nccs2)cc1Cl. The minimum absolute atomic E-state index is 0.0263. The third kappa shape index (κ3) is 6.36. The predicted octanol–water partition coefficient (Wildman–Crippen LogP) is 6.43. The molecular weight excluding hydrogens is 552 g/mol. The van der Waals surface area contributed by atoms with Crippen LogP contribution < -0.4 is 10.0 Å². The number of nitrogens with one attached hydrogen (secondary N) is 2. The van der Waals surface area contributed by atoms with Gasteiger partial charge in [0, 0.05) is 23.7 Å². The molecule has 0 unspecified atom stereocenters. The van der Waals surface area contributed by atoms with Gasteiger partial charge >= 0.3 is 6.18 Å². The smallest absolute Gasteiger partial charge is 0.379 e.